The Morgan fingerprint density at radius 3 is 2.42 bits per heavy atom. The summed E-state index contributed by atoms with van der Waals surface area (Å²) in [6.45, 7) is 7.02. The summed E-state index contributed by atoms with van der Waals surface area (Å²) in [5.41, 5.74) is 4.33. The van der Waals surface area contributed by atoms with Crippen molar-refractivity contribution in [2.24, 2.45) is 5.10 Å². The molecule has 0 aromatic heterocycles. The van der Waals surface area contributed by atoms with Gasteiger partial charge in [-0.05, 0) is 69.2 Å². The lowest BCUT2D eigenvalue weighted by atomic mass is 9.95. The first-order chi connectivity index (χ1) is 19.2. The molecule has 3 amide bonds. The molecule has 0 saturated carbocycles. The number of esters is 1. The first-order valence-corrected chi connectivity index (χ1v) is 12.6. The van der Waals surface area contributed by atoms with Crippen molar-refractivity contribution >= 4 is 24.1 Å². The van der Waals surface area contributed by atoms with Gasteiger partial charge in [-0.3, -0.25) is 4.79 Å². The number of rotatable bonds is 12. The van der Waals surface area contributed by atoms with Crippen molar-refractivity contribution < 1.29 is 38.1 Å². The van der Waals surface area contributed by atoms with E-state index < -0.39 is 23.9 Å². The summed E-state index contributed by atoms with van der Waals surface area (Å²) in [7, 11) is 2.99. The summed E-state index contributed by atoms with van der Waals surface area (Å²) in [5, 5.41) is 9.28. The third kappa shape index (κ3) is 7.65. The number of hydrazone groups is 1. The molecule has 40 heavy (non-hydrogen) atoms. The zero-order valence-corrected chi connectivity index (χ0v) is 23.3. The second-order valence-corrected chi connectivity index (χ2v) is 8.86. The number of hydrogen-bond acceptors (Lipinski definition) is 9. The van der Waals surface area contributed by atoms with Gasteiger partial charge in [-0.2, -0.15) is 5.10 Å². The maximum Gasteiger partial charge on any atom is 0.338 e. The Hall–Kier alpha value is -4.74. The van der Waals surface area contributed by atoms with Crippen LogP contribution in [0.3, 0.4) is 0 Å². The Morgan fingerprint density at radius 2 is 1.75 bits per heavy atom. The predicted molar refractivity (Wildman–Crippen MR) is 147 cm³/mol. The third-order valence-electron chi connectivity index (χ3n) is 5.60. The molecule has 0 aliphatic carbocycles. The normalized spacial score (nSPS) is 14.9. The van der Waals surface area contributed by atoms with Gasteiger partial charge in [0.2, 0.25) is 0 Å². The molecular formula is C28H34N4O8. The molecule has 2 aromatic rings. The second-order valence-electron chi connectivity index (χ2n) is 8.86. The van der Waals surface area contributed by atoms with Crippen molar-refractivity contribution in [3.8, 4) is 23.0 Å². The number of ether oxygens (including phenoxy) is 5. The smallest absolute Gasteiger partial charge is 0.338 e. The van der Waals surface area contributed by atoms with Crippen LogP contribution >= 0.6 is 0 Å². The lowest BCUT2D eigenvalue weighted by molar-refractivity contribution is -0.139. The van der Waals surface area contributed by atoms with Gasteiger partial charge in [-0.1, -0.05) is 6.07 Å². The fraction of sp³-hybridized carbons (Fsp3) is 0.357. The largest absolute Gasteiger partial charge is 0.493 e. The zero-order chi connectivity index (χ0) is 29.2. The topological polar surface area (TPSA) is 146 Å². The Kier molecular flexibility index (Phi) is 10.3. The number of methoxy groups -OCH3 is 2. The standard InChI is InChI=1S/C28H34N4O8/c1-7-38-27(34)25-17(4)30-28(35)31-26(25)19-9-11-20(23(13-19)37-6)39-15-24(33)32-29-14-18-8-10-21(40-16(2)3)22(12-18)36-5/h8-14,16,26H,7,15H2,1-6H3,(H,32,33)(H2,30,31,35)/b29-14-/t26-/m0/s1. The summed E-state index contributed by atoms with van der Waals surface area (Å²) in [6, 6.07) is 8.94. The molecule has 0 spiro atoms. The third-order valence-corrected chi connectivity index (χ3v) is 5.60. The summed E-state index contributed by atoms with van der Waals surface area (Å²) < 4.78 is 27.3. The number of carbonyl (C=O) groups is 3. The highest BCUT2D eigenvalue weighted by atomic mass is 16.5. The molecule has 3 N–H and O–H groups in total. The van der Waals surface area contributed by atoms with Gasteiger partial charge in [0.25, 0.3) is 5.91 Å². The SMILES string of the molecule is CCOC(=O)C1=C(C)NC(=O)N[C@H]1c1ccc(OCC(=O)N/N=C\c2ccc(OC(C)C)c(OC)c2)c(OC)c1. The van der Waals surface area contributed by atoms with Gasteiger partial charge in [0.05, 0.1) is 44.8 Å². The fourth-order valence-corrected chi connectivity index (χ4v) is 3.88. The number of nitrogens with zero attached hydrogens (tertiary/aromatic N) is 1. The number of amides is 3. The van der Waals surface area contributed by atoms with Crippen molar-refractivity contribution in [3.63, 3.8) is 0 Å². The van der Waals surface area contributed by atoms with Gasteiger partial charge in [-0.25, -0.2) is 15.0 Å². The van der Waals surface area contributed by atoms with Gasteiger partial charge in [-0.15, -0.1) is 0 Å². The molecule has 1 aliphatic heterocycles. The lowest BCUT2D eigenvalue weighted by Gasteiger charge is -2.28. The number of urea groups is 1. The van der Waals surface area contributed by atoms with Gasteiger partial charge in [0.1, 0.15) is 0 Å². The number of allylic oxidation sites excluding steroid dienone is 1. The number of nitrogens with one attached hydrogen (secondary N) is 3. The Balaban J connectivity index is 1.65. The molecule has 2 aromatic carbocycles. The number of hydrogen-bond donors (Lipinski definition) is 3. The van der Waals surface area contributed by atoms with Crippen LogP contribution in [0.5, 0.6) is 23.0 Å². The highest BCUT2D eigenvalue weighted by Gasteiger charge is 2.32. The minimum absolute atomic E-state index is 0.00365. The van der Waals surface area contributed by atoms with E-state index in [1.807, 2.05) is 13.8 Å². The molecule has 0 unspecified atom stereocenters. The molecule has 0 fully saturated rings. The van der Waals surface area contributed by atoms with Crippen molar-refractivity contribution in [3.05, 3.63) is 58.8 Å². The maximum absolute atomic E-state index is 12.6. The zero-order valence-electron chi connectivity index (χ0n) is 23.3. The van der Waals surface area contributed by atoms with E-state index in [4.69, 9.17) is 23.7 Å². The number of carbonyl (C=O) groups excluding carboxylic acids is 3. The minimum Gasteiger partial charge on any atom is -0.493 e. The van der Waals surface area contributed by atoms with Crippen LogP contribution in [-0.2, 0) is 14.3 Å². The van der Waals surface area contributed by atoms with Crippen LogP contribution in [0.4, 0.5) is 4.79 Å². The van der Waals surface area contributed by atoms with Gasteiger partial charge >= 0.3 is 12.0 Å². The van der Waals surface area contributed by atoms with Crippen molar-refractivity contribution in [2.45, 2.75) is 39.8 Å². The van der Waals surface area contributed by atoms with E-state index in [0.717, 1.165) is 0 Å². The van der Waals surface area contributed by atoms with E-state index in [1.54, 1.807) is 57.4 Å². The van der Waals surface area contributed by atoms with Crippen LogP contribution in [0, 0.1) is 0 Å². The molecule has 12 nitrogen and oxygen atoms in total. The summed E-state index contributed by atoms with van der Waals surface area (Å²) in [4.78, 5) is 37.0. The first kappa shape index (κ1) is 29.8. The molecule has 1 aliphatic rings. The Bertz CT molecular complexity index is 1310. The van der Waals surface area contributed by atoms with Crippen LogP contribution in [0.2, 0.25) is 0 Å². The van der Waals surface area contributed by atoms with E-state index in [9.17, 15) is 14.4 Å². The average molecular weight is 555 g/mol. The molecule has 1 atom stereocenters. The van der Waals surface area contributed by atoms with E-state index in [-0.39, 0.29) is 30.6 Å². The minimum atomic E-state index is -0.766. The van der Waals surface area contributed by atoms with Crippen molar-refractivity contribution in [1.82, 2.24) is 16.1 Å². The van der Waals surface area contributed by atoms with E-state index in [2.05, 4.69) is 21.2 Å². The highest BCUT2D eigenvalue weighted by molar-refractivity contribution is 5.95. The number of benzene rings is 2. The highest BCUT2D eigenvalue weighted by Crippen LogP contribution is 2.34. The maximum atomic E-state index is 12.6. The van der Waals surface area contributed by atoms with Crippen LogP contribution in [0.25, 0.3) is 0 Å². The van der Waals surface area contributed by atoms with Gasteiger partial charge < -0.3 is 34.3 Å². The van der Waals surface area contributed by atoms with Gasteiger partial charge in [0, 0.05) is 5.70 Å². The summed E-state index contributed by atoms with van der Waals surface area (Å²) in [5.74, 6) is 0.702. The Morgan fingerprint density at radius 1 is 1.05 bits per heavy atom. The monoisotopic (exact) mass is 554 g/mol. The summed E-state index contributed by atoms with van der Waals surface area (Å²) in [6.07, 6.45) is 1.47. The molecule has 214 valence electrons. The first-order valence-electron chi connectivity index (χ1n) is 12.6. The fourth-order valence-electron chi connectivity index (χ4n) is 3.88. The molecule has 0 bridgehead atoms. The molecule has 0 radical (unpaired) electrons. The van der Waals surface area contributed by atoms with Gasteiger partial charge in [0.15, 0.2) is 29.6 Å². The second kappa shape index (κ2) is 13.9. The molecule has 1 heterocycles. The Labute approximate surface area is 232 Å². The van der Waals surface area contributed by atoms with Crippen molar-refractivity contribution in [2.75, 3.05) is 27.4 Å². The predicted octanol–water partition coefficient (Wildman–Crippen LogP) is 3.21. The quantitative estimate of drug-likeness (QED) is 0.206. The van der Waals surface area contributed by atoms with E-state index >= 15 is 0 Å². The van der Waals surface area contributed by atoms with Crippen LogP contribution in [0.1, 0.15) is 44.9 Å². The van der Waals surface area contributed by atoms with Crippen LogP contribution in [-0.4, -0.2) is 57.7 Å². The van der Waals surface area contributed by atoms with E-state index in [0.29, 0.717) is 34.1 Å². The summed E-state index contributed by atoms with van der Waals surface area (Å²) >= 11 is 0. The molecule has 3 rings (SSSR count). The lowest BCUT2D eigenvalue weighted by Crippen LogP contribution is -2.45. The van der Waals surface area contributed by atoms with Crippen molar-refractivity contribution in [1.29, 1.82) is 0 Å². The molecule has 12 heteroatoms. The molecular weight excluding hydrogens is 520 g/mol. The average Bonchev–Trinajstić information content (AvgIpc) is 2.91. The van der Waals surface area contributed by atoms with Crippen LogP contribution in [0.15, 0.2) is 52.8 Å². The van der Waals surface area contributed by atoms with E-state index in [1.165, 1.54) is 13.3 Å². The molecule has 0 saturated heterocycles. The van der Waals surface area contributed by atoms with Crippen LogP contribution < -0.4 is 35.0 Å².